The lowest BCUT2D eigenvalue weighted by Gasteiger charge is -2.41. The van der Waals surface area contributed by atoms with Gasteiger partial charge in [-0.1, -0.05) is 96.1 Å². The van der Waals surface area contributed by atoms with Gasteiger partial charge >= 0.3 is 0 Å². The molecule has 0 saturated heterocycles. The number of fused-ring (bicyclic) bond motifs is 1. The maximum atomic E-state index is 6.31. The molecule has 0 amide bonds. The van der Waals surface area contributed by atoms with Crippen LogP contribution in [-0.2, 0) is 24.7 Å². The highest BCUT2D eigenvalue weighted by Crippen LogP contribution is 2.44. The first-order valence-electron chi connectivity index (χ1n) is 13.7. The molecule has 36 heavy (non-hydrogen) atoms. The van der Waals surface area contributed by atoms with E-state index in [-0.39, 0.29) is 11.5 Å². The number of benzene rings is 3. The molecular formula is C34H42ClN. The van der Waals surface area contributed by atoms with E-state index >= 15 is 0 Å². The van der Waals surface area contributed by atoms with Crippen LogP contribution in [0.5, 0.6) is 0 Å². The molecule has 0 fully saturated rings. The molecule has 1 heterocycles. The summed E-state index contributed by atoms with van der Waals surface area (Å²) in [5, 5.41) is 0.768. The van der Waals surface area contributed by atoms with E-state index in [9.17, 15) is 0 Å². The van der Waals surface area contributed by atoms with E-state index in [1.807, 2.05) is 12.1 Å². The molecule has 3 aromatic carbocycles. The van der Waals surface area contributed by atoms with Gasteiger partial charge in [-0.3, -0.25) is 0 Å². The fourth-order valence-electron chi connectivity index (χ4n) is 5.74. The molecule has 1 atom stereocenters. The van der Waals surface area contributed by atoms with E-state index in [2.05, 4.69) is 102 Å². The highest BCUT2D eigenvalue weighted by molar-refractivity contribution is 6.30. The summed E-state index contributed by atoms with van der Waals surface area (Å²) in [6.07, 6.45) is 5.31. The van der Waals surface area contributed by atoms with Crippen molar-refractivity contribution in [2.75, 3.05) is 4.90 Å². The molecule has 3 aromatic rings. The van der Waals surface area contributed by atoms with Crippen LogP contribution in [0.15, 0.2) is 72.9 Å². The molecule has 4 rings (SSSR count). The SMILES string of the molecule is C=C1Cc2cc(CC)c(CC(C)C)cc2[C@H](c2ccc(Cl)cc2)N1c1ccc(C(C)(CC)CC)cc1. The molecule has 0 spiro atoms. The fourth-order valence-corrected chi connectivity index (χ4v) is 5.87. The van der Waals surface area contributed by atoms with E-state index in [1.54, 1.807) is 0 Å². The molecule has 0 radical (unpaired) electrons. The Hall–Kier alpha value is -2.51. The lowest BCUT2D eigenvalue weighted by Crippen LogP contribution is -2.34. The van der Waals surface area contributed by atoms with Crippen molar-refractivity contribution in [3.05, 3.63) is 111 Å². The number of hydrogen-bond acceptors (Lipinski definition) is 1. The van der Waals surface area contributed by atoms with Gasteiger partial charge in [0.25, 0.3) is 0 Å². The molecule has 1 nitrogen and oxygen atoms in total. The molecule has 1 aliphatic heterocycles. The summed E-state index contributed by atoms with van der Waals surface area (Å²) < 4.78 is 0. The summed E-state index contributed by atoms with van der Waals surface area (Å²) in [7, 11) is 0. The van der Waals surface area contributed by atoms with E-state index in [0.29, 0.717) is 5.92 Å². The minimum atomic E-state index is 0.0740. The zero-order valence-electron chi connectivity index (χ0n) is 23.0. The summed E-state index contributed by atoms with van der Waals surface area (Å²) in [5.74, 6) is 0.621. The van der Waals surface area contributed by atoms with Crippen molar-refractivity contribution in [1.82, 2.24) is 0 Å². The predicted molar refractivity (Wildman–Crippen MR) is 157 cm³/mol. The van der Waals surface area contributed by atoms with Crippen molar-refractivity contribution in [3.63, 3.8) is 0 Å². The second kappa shape index (κ2) is 10.9. The second-order valence-corrected chi connectivity index (χ2v) is 11.6. The van der Waals surface area contributed by atoms with Gasteiger partial charge in [-0.2, -0.15) is 0 Å². The first-order valence-corrected chi connectivity index (χ1v) is 14.1. The fraction of sp³-hybridized carbons (Fsp3) is 0.412. The third-order valence-electron chi connectivity index (χ3n) is 8.35. The molecule has 1 aliphatic rings. The lowest BCUT2D eigenvalue weighted by atomic mass is 9.77. The number of nitrogens with zero attached hydrogens (tertiary/aromatic N) is 1. The quantitative estimate of drug-likeness (QED) is 0.298. The number of allylic oxidation sites excluding steroid dienone is 1. The molecule has 0 bridgehead atoms. The highest BCUT2D eigenvalue weighted by Gasteiger charge is 2.33. The average molecular weight is 500 g/mol. The van der Waals surface area contributed by atoms with Gasteiger partial charge in [0.2, 0.25) is 0 Å². The molecule has 0 aromatic heterocycles. The predicted octanol–water partition coefficient (Wildman–Crippen LogP) is 9.84. The van der Waals surface area contributed by atoms with Gasteiger partial charge in [0.1, 0.15) is 0 Å². The smallest absolute Gasteiger partial charge is 0.0844 e. The third-order valence-corrected chi connectivity index (χ3v) is 8.60. The largest absolute Gasteiger partial charge is 0.334 e. The standard InChI is InChI=1S/C34H42ClN/c1-8-25-21-28-20-24(6)36(31-17-13-29(14-18-31)34(7,9-2)10-3)33(26-11-15-30(35)16-12-26)32(28)22-27(25)19-23(4)5/h11-18,21-23,33H,6,8-10,19-20H2,1-5,7H3/t33-/m0/s1. The summed E-state index contributed by atoms with van der Waals surface area (Å²) in [6, 6.07) is 22.7. The van der Waals surface area contributed by atoms with Crippen LogP contribution in [0.1, 0.15) is 93.8 Å². The number of anilines is 1. The van der Waals surface area contributed by atoms with Crippen LogP contribution in [-0.4, -0.2) is 0 Å². The zero-order chi connectivity index (χ0) is 26.0. The molecule has 0 aliphatic carbocycles. The highest BCUT2D eigenvalue weighted by atomic mass is 35.5. The summed E-state index contributed by atoms with van der Waals surface area (Å²) in [4.78, 5) is 2.45. The van der Waals surface area contributed by atoms with Crippen LogP contribution in [0.2, 0.25) is 5.02 Å². The van der Waals surface area contributed by atoms with Crippen LogP contribution in [0, 0.1) is 5.92 Å². The van der Waals surface area contributed by atoms with Crippen LogP contribution in [0.3, 0.4) is 0 Å². The van der Waals surface area contributed by atoms with E-state index in [1.165, 1.54) is 39.1 Å². The molecule has 0 N–H and O–H groups in total. The molecule has 0 saturated carbocycles. The van der Waals surface area contributed by atoms with Gasteiger partial charge in [0.15, 0.2) is 0 Å². The van der Waals surface area contributed by atoms with Crippen molar-refractivity contribution in [3.8, 4) is 0 Å². The maximum absolute atomic E-state index is 6.31. The molecule has 190 valence electrons. The van der Waals surface area contributed by atoms with Gasteiger partial charge in [-0.05, 0) is 94.7 Å². The Kier molecular flexibility index (Phi) is 8.00. The van der Waals surface area contributed by atoms with Gasteiger partial charge in [0.05, 0.1) is 6.04 Å². The second-order valence-electron chi connectivity index (χ2n) is 11.2. The van der Waals surface area contributed by atoms with Gasteiger partial charge in [-0.15, -0.1) is 0 Å². The molecule has 0 unspecified atom stereocenters. The lowest BCUT2D eigenvalue weighted by molar-refractivity contribution is 0.439. The van der Waals surface area contributed by atoms with Crippen molar-refractivity contribution in [2.45, 2.75) is 85.1 Å². The minimum Gasteiger partial charge on any atom is -0.334 e. The Labute approximate surface area is 224 Å². The molecule has 2 heteroatoms. The zero-order valence-corrected chi connectivity index (χ0v) is 23.8. The summed E-state index contributed by atoms with van der Waals surface area (Å²) >= 11 is 6.31. The van der Waals surface area contributed by atoms with Crippen LogP contribution in [0.4, 0.5) is 5.69 Å². The normalized spacial score (nSPS) is 15.9. The Balaban J connectivity index is 1.87. The van der Waals surface area contributed by atoms with E-state index in [0.717, 1.165) is 42.8 Å². The Morgan fingerprint density at radius 2 is 1.58 bits per heavy atom. The van der Waals surface area contributed by atoms with E-state index in [4.69, 9.17) is 11.6 Å². The number of hydrogen-bond donors (Lipinski definition) is 0. The van der Waals surface area contributed by atoms with Crippen molar-refractivity contribution < 1.29 is 0 Å². The minimum absolute atomic E-state index is 0.0740. The first kappa shape index (κ1) is 26.6. The van der Waals surface area contributed by atoms with Crippen LogP contribution < -0.4 is 4.90 Å². The maximum Gasteiger partial charge on any atom is 0.0844 e. The summed E-state index contributed by atoms with van der Waals surface area (Å²) in [6.45, 7) is 18.4. The van der Waals surface area contributed by atoms with Gasteiger partial charge in [-0.25, -0.2) is 0 Å². The van der Waals surface area contributed by atoms with Crippen LogP contribution >= 0.6 is 11.6 Å². The van der Waals surface area contributed by atoms with Crippen molar-refractivity contribution in [2.24, 2.45) is 5.92 Å². The Morgan fingerprint density at radius 3 is 2.14 bits per heavy atom. The third kappa shape index (κ3) is 5.14. The monoisotopic (exact) mass is 499 g/mol. The average Bonchev–Trinajstić information content (AvgIpc) is 2.87. The van der Waals surface area contributed by atoms with Gasteiger partial charge in [0, 0.05) is 22.8 Å². The van der Waals surface area contributed by atoms with Gasteiger partial charge < -0.3 is 4.90 Å². The van der Waals surface area contributed by atoms with Crippen molar-refractivity contribution in [1.29, 1.82) is 0 Å². The number of aryl methyl sites for hydroxylation is 1. The number of rotatable bonds is 8. The first-order chi connectivity index (χ1) is 17.2. The topological polar surface area (TPSA) is 3.24 Å². The molecular weight excluding hydrogens is 458 g/mol. The van der Waals surface area contributed by atoms with Crippen LogP contribution in [0.25, 0.3) is 0 Å². The number of halogens is 1. The van der Waals surface area contributed by atoms with Crippen molar-refractivity contribution >= 4 is 17.3 Å². The summed E-state index contributed by atoms with van der Waals surface area (Å²) in [5.41, 5.74) is 11.0. The van der Waals surface area contributed by atoms with E-state index < -0.39 is 0 Å². The Bertz CT molecular complexity index is 1200. The Morgan fingerprint density at radius 1 is 0.944 bits per heavy atom.